The Hall–Kier alpha value is -1.96. The van der Waals surface area contributed by atoms with Crippen LogP contribution in [0, 0.1) is 5.82 Å². The van der Waals surface area contributed by atoms with Crippen LogP contribution in [-0.2, 0) is 12.6 Å². The van der Waals surface area contributed by atoms with Crippen molar-refractivity contribution in [1.29, 1.82) is 0 Å². The van der Waals surface area contributed by atoms with Crippen molar-refractivity contribution in [2.45, 2.75) is 19.0 Å². The van der Waals surface area contributed by atoms with Crippen LogP contribution < -0.4 is 5.73 Å². The van der Waals surface area contributed by atoms with Crippen molar-refractivity contribution in [3.63, 3.8) is 0 Å². The van der Waals surface area contributed by atoms with E-state index in [2.05, 4.69) is 15.2 Å². The molecule has 0 amide bonds. The zero-order valence-corrected chi connectivity index (χ0v) is 10.3. The summed E-state index contributed by atoms with van der Waals surface area (Å²) in [6.07, 6.45) is -3.49. The number of nitrogens with one attached hydrogen (secondary N) is 1. The first-order valence-electron chi connectivity index (χ1n) is 5.90. The quantitative estimate of drug-likeness (QED) is 0.849. The molecule has 108 valence electrons. The van der Waals surface area contributed by atoms with Gasteiger partial charge in [-0.3, -0.25) is 5.10 Å². The molecule has 0 aliphatic carbocycles. The molecular weight excluding hydrogens is 276 g/mol. The molecule has 0 saturated heterocycles. The average molecular weight is 288 g/mol. The van der Waals surface area contributed by atoms with Crippen LogP contribution in [0.2, 0.25) is 0 Å². The van der Waals surface area contributed by atoms with Crippen molar-refractivity contribution in [1.82, 2.24) is 15.2 Å². The molecule has 1 aromatic heterocycles. The lowest BCUT2D eigenvalue weighted by molar-refractivity contribution is -0.137. The molecule has 1 aromatic carbocycles. The van der Waals surface area contributed by atoms with Crippen molar-refractivity contribution in [2.24, 2.45) is 5.73 Å². The summed E-state index contributed by atoms with van der Waals surface area (Å²) in [5.41, 5.74) is 3.98. The van der Waals surface area contributed by atoms with E-state index in [4.69, 9.17) is 5.73 Å². The second kappa shape index (κ2) is 5.58. The number of aromatic nitrogens is 3. The lowest BCUT2D eigenvalue weighted by Gasteiger charge is -2.10. The van der Waals surface area contributed by atoms with Gasteiger partial charge in [-0.1, -0.05) is 0 Å². The second-order valence-corrected chi connectivity index (χ2v) is 4.19. The lowest BCUT2D eigenvalue weighted by atomic mass is 10.1. The summed E-state index contributed by atoms with van der Waals surface area (Å²) in [4.78, 5) is 3.94. The van der Waals surface area contributed by atoms with Gasteiger partial charge in [0, 0.05) is 12.0 Å². The molecule has 1 heterocycles. The predicted molar refractivity (Wildman–Crippen MR) is 64.2 cm³/mol. The molecule has 0 atom stereocenters. The molecule has 0 saturated carbocycles. The van der Waals surface area contributed by atoms with Gasteiger partial charge in [0.2, 0.25) is 0 Å². The van der Waals surface area contributed by atoms with Gasteiger partial charge >= 0.3 is 6.18 Å². The molecule has 0 aliphatic rings. The van der Waals surface area contributed by atoms with Crippen LogP contribution in [0.4, 0.5) is 17.6 Å². The van der Waals surface area contributed by atoms with Crippen LogP contribution in [-0.4, -0.2) is 21.7 Å². The van der Waals surface area contributed by atoms with Crippen LogP contribution >= 0.6 is 0 Å². The highest BCUT2D eigenvalue weighted by Gasteiger charge is 2.34. The van der Waals surface area contributed by atoms with E-state index >= 15 is 0 Å². The zero-order chi connectivity index (χ0) is 14.8. The molecule has 20 heavy (non-hydrogen) atoms. The van der Waals surface area contributed by atoms with Gasteiger partial charge < -0.3 is 5.73 Å². The number of halogens is 4. The smallest absolute Gasteiger partial charge is 0.330 e. The summed E-state index contributed by atoms with van der Waals surface area (Å²) < 4.78 is 51.8. The fourth-order valence-electron chi connectivity index (χ4n) is 1.75. The summed E-state index contributed by atoms with van der Waals surface area (Å²) >= 11 is 0. The number of hydrogen-bond donors (Lipinski definition) is 2. The van der Waals surface area contributed by atoms with Crippen LogP contribution in [0.3, 0.4) is 0 Å². The number of hydrogen-bond acceptors (Lipinski definition) is 3. The van der Waals surface area contributed by atoms with E-state index in [1.54, 1.807) is 0 Å². The van der Waals surface area contributed by atoms with Gasteiger partial charge in [0.25, 0.3) is 0 Å². The SMILES string of the molecule is NCCCc1nc(-c2cc(F)ccc2C(F)(F)F)n[nH]1. The summed E-state index contributed by atoms with van der Waals surface area (Å²) in [5.74, 6) is -0.534. The number of H-pyrrole nitrogens is 1. The van der Waals surface area contributed by atoms with Crippen molar-refractivity contribution in [3.8, 4) is 11.4 Å². The Labute approximate surface area is 112 Å². The Morgan fingerprint density at radius 3 is 2.65 bits per heavy atom. The van der Waals surface area contributed by atoms with Gasteiger partial charge in [0.05, 0.1) is 5.56 Å². The van der Waals surface area contributed by atoms with Gasteiger partial charge in [-0.25, -0.2) is 9.37 Å². The third-order valence-corrected chi connectivity index (χ3v) is 2.68. The second-order valence-electron chi connectivity index (χ2n) is 4.19. The number of nitrogens with two attached hydrogens (primary N) is 1. The standard InChI is InChI=1S/C12H12F4N4/c13-7-3-4-9(12(14,15)16)8(6-7)11-18-10(19-20-11)2-1-5-17/h3-4,6H,1-2,5,17H2,(H,18,19,20). The minimum absolute atomic E-state index is 0.177. The van der Waals surface area contributed by atoms with Crippen molar-refractivity contribution in [2.75, 3.05) is 6.54 Å². The summed E-state index contributed by atoms with van der Waals surface area (Å²) in [7, 11) is 0. The summed E-state index contributed by atoms with van der Waals surface area (Å²) in [6.45, 7) is 0.434. The Balaban J connectivity index is 2.41. The number of nitrogens with zero attached hydrogens (tertiary/aromatic N) is 2. The predicted octanol–water partition coefficient (Wildman–Crippen LogP) is 2.52. The van der Waals surface area contributed by atoms with Crippen LogP contribution in [0.5, 0.6) is 0 Å². The van der Waals surface area contributed by atoms with Gasteiger partial charge in [-0.05, 0) is 31.2 Å². The Morgan fingerprint density at radius 2 is 2.00 bits per heavy atom. The highest BCUT2D eigenvalue weighted by Crippen LogP contribution is 2.36. The molecule has 0 spiro atoms. The number of rotatable bonds is 4. The molecule has 2 rings (SSSR count). The zero-order valence-electron chi connectivity index (χ0n) is 10.3. The van der Waals surface area contributed by atoms with Gasteiger partial charge in [0.15, 0.2) is 5.82 Å². The van der Waals surface area contributed by atoms with Crippen molar-refractivity contribution in [3.05, 3.63) is 35.4 Å². The molecule has 0 unspecified atom stereocenters. The molecular formula is C12H12F4N4. The summed E-state index contributed by atoms with van der Waals surface area (Å²) in [6, 6.07) is 2.22. The van der Waals surface area contributed by atoms with E-state index in [0.29, 0.717) is 31.3 Å². The average Bonchev–Trinajstić information content (AvgIpc) is 2.83. The normalized spacial score (nSPS) is 11.8. The van der Waals surface area contributed by atoms with E-state index in [0.717, 1.165) is 12.1 Å². The minimum Gasteiger partial charge on any atom is -0.330 e. The lowest BCUT2D eigenvalue weighted by Crippen LogP contribution is -2.08. The first-order valence-corrected chi connectivity index (χ1v) is 5.90. The Morgan fingerprint density at radius 1 is 1.25 bits per heavy atom. The van der Waals surface area contributed by atoms with E-state index in [9.17, 15) is 17.6 Å². The molecule has 0 aliphatic heterocycles. The largest absolute Gasteiger partial charge is 0.417 e. The maximum atomic E-state index is 13.2. The number of aromatic amines is 1. The van der Waals surface area contributed by atoms with E-state index in [1.165, 1.54) is 0 Å². The third-order valence-electron chi connectivity index (χ3n) is 2.68. The fourth-order valence-corrected chi connectivity index (χ4v) is 1.75. The third kappa shape index (κ3) is 3.13. The number of aryl methyl sites for hydroxylation is 1. The molecule has 2 aromatic rings. The molecule has 8 heteroatoms. The molecule has 3 N–H and O–H groups in total. The summed E-state index contributed by atoms with van der Waals surface area (Å²) in [5, 5.41) is 6.24. The van der Waals surface area contributed by atoms with E-state index in [1.807, 2.05) is 0 Å². The number of alkyl halides is 3. The molecule has 0 bridgehead atoms. The van der Waals surface area contributed by atoms with E-state index < -0.39 is 17.6 Å². The minimum atomic E-state index is -4.60. The monoisotopic (exact) mass is 288 g/mol. The molecule has 4 nitrogen and oxygen atoms in total. The maximum Gasteiger partial charge on any atom is 0.417 e. The van der Waals surface area contributed by atoms with E-state index in [-0.39, 0.29) is 11.4 Å². The Kier molecular flexibility index (Phi) is 4.03. The highest BCUT2D eigenvalue weighted by molar-refractivity contribution is 5.61. The van der Waals surface area contributed by atoms with Crippen molar-refractivity contribution >= 4 is 0 Å². The van der Waals surface area contributed by atoms with Crippen LogP contribution in [0.1, 0.15) is 17.8 Å². The van der Waals surface area contributed by atoms with Crippen LogP contribution in [0.25, 0.3) is 11.4 Å². The molecule has 0 fully saturated rings. The molecule has 0 radical (unpaired) electrons. The first-order chi connectivity index (χ1) is 9.41. The van der Waals surface area contributed by atoms with Crippen LogP contribution in [0.15, 0.2) is 18.2 Å². The van der Waals surface area contributed by atoms with Gasteiger partial charge in [-0.15, -0.1) is 0 Å². The fraction of sp³-hybridized carbons (Fsp3) is 0.333. The highest BCUT2D eigenvalue weighted by atomic mass is 19.4. The number of benzene rings is 1. The topological polar surface area (TPSA) is 67.6 Å². The van der Waals surface area contributed by atoms with Gasteiger partial charge in [0.1, 0.15) is 11.6 Å². The van der Waals surface area contributed by atoms with Gasteiger partial charge in [-0.2, -0.15) is 18.3 Å². The Bertz CT molecular complexity index is 591. The van der Waals surface area contributed by atoms with Crippen molar-refractivity contribution < 1.29 is 17.6 Å². The first kappa shape index (κ1) is 14.4. The maximum absolute atomic E-state index is 13.2.